The van der Waals surface area contributed by atoms with Gasteiger partial charge in [0.05, 0.1) is 5.92 Å². The molecule has 1 N–H and O–H groups in total. The Balaban J connectivity index is 1.91. The quantitative estimate of drug-likeness (QED) is 0.838. The van der Waals surface area contributed by atoms with Gasteiger partial charge in [0.25, 0.3) is 0 Å². The Hall–Kier alpha value is -1.10. The van der Waals surface area contributed by atoms with Crippen molar-refractivity contribution in [1.29, 1.82) is 0 Å². The zero-order chi connectivity index (χ0) is 14.4. The van der Waals surface area contributed by atoms with Gasteiger partial charge in [-0.2, -0.15) is 0 Å². The third-order valence-electron chi connectivity index (χ3n) is 3.66. The van der Waals surface area contributed by atoms with Gasteiger partial charge in [-0.1, -0.05) is 13.3 Å². The van der Waals surface area contributed by atoms with Gasteiger partial charge in [-0.25, -0.2) is 4.98 Å². The molecule has 1 atom stereocenters. The zero-order valence-corrected chi connectivity index (χ0v) is 13.5. The van der Waals surface area contributed by atoms with E-state index in [0.29, 0.717) is 0 Å². The second-order valence-corrected chi connectivity index (χ2v) is 6.18. The number of nitrogens with one attached hydrogen (secondary N) is 1. The molecule has 20 heavy (non-hydrogen) atoms. The number of nitrogens with zero attached hydrogens (tertiary/aromatic N) is 2. The molecule has 0 saturated carbocycles. The van der Waals surface area contributed by atoms with Gasteiger partial charge in [0.1, 0.15) is 5.82 Å². The van der Waals surface area contributed by atoms with Gasteiger partial charge < -0.3 is 10.2 Å². The number of hydrogen-bond acceptors (Lipinski definition) is 3. The topological polar surface area (TPSA) is 45.2 Å². The van der Waals surface area contributed by atoms with Crippen LogP contribution >= 0.6 is 15.9 Å². The lowest BCUT2D eigenvalue weighted by atomic mass is 9.97. The van der Waals surface area contributed by atoms with E-state index in [4.69, 9.17) is 0 Å². The fourth-order valence-electron chi connectivity index (χ4n) is 2.49. The molecule has 1 amide bonds. The molecular formula is C15H22BrN3O. The molecule has 0 aromatic carbocycles. The summed E-state index contributed by atoms with van der Waals surface area (Å²) in [6.45, 7) is 4.68. The first-order valence-electron chi connectivity index (χ1n) is 7.35. The van der Waals surface area contributed by atoms with E-state index < -0.39 is 0 Å². The highest BCUT2D eigenvalue weighted by molar-refractivity contribution is 9.10. The minimum atomic E-state index is 0.0889. The molecule has 0 aliphatic carbocycles. The van der Waals surface area contributed by atoms with Crippen molar-refractivity contribution < 1.29 is 4.79 Å². The first-order valence-corrected chi connectivity index (χ1v) is 8.14. The van der Waals surface area contributed by atoms with Crippen LogP contribution in [0.3, 0.4) is 0 Å². The predicted molar refractivity (Wildman–Crippen MR) is 84.8 cm³/mol. The van der Waals surface area contributed by atoms with E-state index in [9.17, 15) is 4.79 Å². The summed E-state index contributed by atoms with van der Waals surface area (Å²) in [4.78, 5) is 18.8. The molecule has 1 unspecified atom stereocenters. The number of hydrogen-bond donors (Lipinski definition) is 1. The number of aromatic nitrogens is 1. The van der Waals surface area contributed by atoms with E-state index >= 15 is 0 Å². The SMILES string of the molecule is CCCCNC(=O)C1CCCN(c2ccc(Br)cn2)C1. The second-order valence-electron chi connectivity index (χ2n) is 5.26. The molecule has 5 heteroatoms. The van der Waals surface area contributed by atoms with Crippen molar-refractivity contribution in [3.63, 3.8) is 0 Å². The molecule has 1 fully saturated rings. The maximum Gasteiger partial charge on any atom is 0.224 e. The summed E-state index contributed by atoms with van der Waals surface area (Å²) in [5.74, 6) is 1.24. The molecule has 4 nitrogen and oxygen atoms in total. The minimum absolute atomic E-state index is 0.0889. The van der Waals surface area contributed by atoms with E-state index in [-0.39, 0.29) is 11.8 Å². The normalized spacial score (nSPS) is 18.9. The number of piperidine rings is 1. The largest absolute Gasteiger partial charge is 0.356 e. The predicted octanol–water partition coefficient (Wildman–Crippen LogP) is 2.98. The van der Waals surface area contributed by atoms with Crippen LogP contribution in [-0.2, 0) is 4.79 Å². The minimum Gasteiger partial charge on any atom is -0.356 e. The van der Waals surface area contributed by atoms with Crippen LogP contribution in [0.25, 0.3) is 0 Å². The van der Waals surface area contributed by atoms with E-state index in [1.807, 2.05) is 12.1 Å². The molecule has 1 aliphatic heterocycles. The molecule has 0 radical (unpaired) electrons. The van der Waals surface area contributed by atoms with E-state index in [1.165, 1.54) is 0 Å². The standard InChI is InChI=1S/C15H22BrN3O/c1-2-3-8-17-15(20)12-5-4-9-19(11-12)14-7-6-13(16)10-18-14/h6-7,10,12H,2-5,8-9,11H2,1H3,(H,17,20). The summed E-state index contributed by atoms with van der Waals surface area (Å²) in [6.07, 6.45) is 5.99. The van der Waals surface area contributed by atoms with Gasteiger partial charge in [-0.3, -0.25) is 4.79 Å². The maximum atomic E-state index is 12.1. The van der Waals surface area contributed by atoms with Crippen LogP contribution < -0.4 is 10.2 Å². The smallest absolute Gasteiger partial charge is 0.224 e. The van der Waals surface area contributed by atoms with Gasteiger partial charge in [-0.05, 0) is 47.3 Å². The lowest BCUT2D eigenvalue weighted by molar-refractivity contribution is -0.125. The molecule has 1 aromatic rings. The van der Waals surface area contributed by atoms with Gasteiger partial charge in [0.2, 0.25) is 5.91 Å². The number of halogens is 1. The fourth-order valence-corrected chi connectivity index (χ4v) is 2.72. The monoisotopic (exact) mass is 339 g/mol. The molecule has 2 heterocycles. The molecule has 2 rings (SSSR count). The molecule has 1 aliphatic rings. The molecule has 0 bridgehead atoms. The van der Waals surface area contributed by atoms with Crippen LogP contribution in [0.2, 0.25) is 0 Å². The van der Waals surface area contributed by atoms with Crippen LogP contribution in [0.5, 0.6) is 0 Å². The summed E-state index contributed by atoms with van der Waals surface area (Å²) in [5, 5.41) is 3.04. The van der Waals surface area contributed by atoms with Gasteiger partial charge in [-0.15, -0.1) is 0 Å². The summed E-state index contributed by atoms with van der Waals surface area (Å²) in [5.41, 5.74) is 0. The highest BCUT2D eigenvalue weighted by Crippen LogP contribution is 2.22. The van der Waals surface area contributed by atoms with Gasteiger partial charge in [0, 0.05) is 30.3 Å². The second kappa shape index (κ2) is 7.62. The summed E-state index contributed by atoms with van der Waals surface area (Å²) in [7, 11) is 0. The number of rotatable bonds is 5. The van der Waals surface area contributed by atoms with E-state index in [2.05, 4.69) is 38.1 Å². The third kappa shape index (κ3) is 4.20. The molecule has 110 valence electrons. The van der Waals surface area contributed by atoms with E-state index in [0.717, 1.165) is 55.6 Å². The van der Waals surface area contributed by atoms with Crippen LogP contribution in [0.1, 0.15) is 32.6 Å². The number of unbranched alkanes of at least 4 members (excludes halogenated alkanes) is 1. The van der Waals surface area contributed by atoms with Crippen molar-refractivity contribution >= 4 is 27.7 Å². The van der Waals surface area contributed by atoms with Crippen LogP contribution in [0.4, 0.5) is 5.82 Å². The maximum absolute atomic E-state index is 12.1. The van der Waals surface area contributed by atoms with Crippen molar-refractivity contribution in [3.8, 4) is 0 Å². The highest BCUT2D eigenvalue weighted by atomic mass is 79.9. The Kier molecular flexibility index (Phi) is 5.83. The lowest BCUT2D eigenvalue weighted by Gasteiger charge is -2.32. The Bertz CT molecular complexity index is 435. The van der Waals surface area contributed by atoms with Gasteiger partial charge >= 0.3 is 0 Å². The number of pyridine rings is 1. The first kappa shape index (κ1) is 15.3. The Labute approximate surface area is 129 Å². The van der Waals surface area contributed by atoms with Crippen molar-refractivity contribution in [2.45, 2.75) is 32.6 Å². The van der Waals surface area contributed by atoms with Crippen molar-refractivity contribution in [3.05, 3.63) is 22.8 Å². The van der Waals surface area contributed by atoms with Crippen LogP contribution in [-0.4, -0.2) is 30.5 Å². The zero-order valence-electron chi connectivity index (χ0n) is 11.9. The first-order chi connectivity index (χ1) is 9.70. The number of amides is 1. The Morgan fingerprint density at radius 1 is 1.55 bits per heavy atom. The van der Waals surface area contributed by atoms with Crippen molar-refractivity contribution in [2.75, 3.05) is 24.5 Å². The average Bonchev–Trinajstić information content (AvgIpc) is 2.48. The Morgan fingerprint density at radius 3 is 3.10 bits per heavy atom. The molecule has 0 spiro atoms. The number of carbonyl (C=O) groups is 1. The van der Waals surface area contributed by atoms with Crippen molar-refractivity contribution in [1.82, 2.24) is 10.3 Å². The summed E-state index contributed by atoms with van der Waals surface area (Å²) in [6, 6.07) is 3.99. The number of carbonyl (C=O) groups excluding carboxylic acids is 1. The molecular weight excluding hydrogens is 318 g/mol. The highest BCUT2D eigenvalue weighted by Gasteiger charge is 2.26. The Morgan fingerprint density at radius 2 is 2.40 bits per heavy atom. The average molecular weight is 340 g/mol. The van der Waals surface area contributed by atoms with Crippen LogP contribution in [0.15, 0.2) is 22.8 Å². The number of anilines is 1. The third-order valence-corrected chi connectivity index (χ3v) is 4.13. The molecule has 1 saturated heterocycles. The lowest BCUT2D eigenvalue weighted by Crippen LogP contribution is -2.43. The molecule has 1 aromatic heterocycles. The fraction of sp³-hybridized carbons (Fsp3) is 0.600. The summed E-state index contributed by atoms with van der Waals surface area (Å²) >= 11 is 3.39. The van der Waals surface area contributed by atoms with Gasteiger partial charge in [0.15, 0.2) is 0 Å². The summed E-state index contributed by atoms with van der Waals surface area (Å²) < 4.78 is 0.979. The van der Waals surface area contributed by atoms with Crippen LogP contribution in [0, 0.1) is 5.92 Å². The van der Waals surface area contributed by atoms with Crippen molar-refractivity contribution in [2.24, 2.45) is 5.92 Å². The van der Waals surface area contributed by atoms with E-state index in [1.54, 1.807) is 6.20 Å².